The summed E-state index contributed by atoms with van der Waals surface area (Å²) in [7, 11) is -0.298. The van der Waals surface area contributed by atoms with E-state index in [-0.39, 0.29) is 18.3 Å². The van der Waals surface area contributed by atoms with Gasteiger partial charge in [-0.15, -0.1) is 22.7 Å². The molecule has 0 N–H and O–H groups in total. The number of para-hydroxylation sites is 1. The molecule has 0 atom stereocenters. The predicted molar refractivity (Wildman–Crippen MR) is 98.6 cm³/mol. The Morgan fingerprint density at radius 1 is 0.913 bits per heavy atom. The number of thiophene rings is 1. The van der Waals surface area contributed by atoms with Crippen LogP contribution in [0.3, 0.4) is 0 Å². The molecule has 1 aliphatic heterocycles. The molecule has 118 valence electrons. The Morgan fingerprint density at radius 2 is 1.61 bits per heavy atom. The Bertz CT molecular complexity index is 819. The van der Waals surface area contributed by atoms with Crippen LogP contribution in [-0.4, -0.2) is 23.3 Å². The summed E-state index contributed by atoms with van der Waals surface area (Å²) in [6, 6.07) is 12.4. The molecule has 1 saturated heterocycles. The molecule has 0 saturated carbocycles. The number of nitrogens with zero attached hydrogens (tertiary/aromatic N) is 1. The molecule has 1 aliphatic rings. The first kappa shape index (κ1) is 15.3. The Hall–Kier alpha value is -1.21. The van der Waals surface area contributed by atoms with Gasteiger partial charge in [-0.25, -0.2) is 4.98 Å². The topological polar surface area (TPSA) is 31.4 Å². The normalized spacial score (nSPS) is 19.6. The van der Waals surface area contributed by atoms with Crippen LogP contribution in [0.2, 0.25) is 0 Å². The van der Waals surface area contributed by atoms with Crippen LogP contribution in [-0.2, 0) is 9.31 Å². The molecule has 0 bridgehead atoms. The second-order valence-electron chi connectivity index (χ2n) is 6.78. The molecule has 3 heterocycles. The maximum Gasteiger partial charge on any atom is 0.505 e. The van der Waals surface area contributed by atoms with Crippen molar-refractivity contribution >= 4 is 44.8 Å². The van der Waals surface area contributed by atoms with Gasteiger partial charge in [0.25, 0.3) is 0 Å². The highest BCUT2D eigenvalue weighted by molar-refractivity contribution is 7.29. The lowest BCUT2D eigenvalue weighted by Gasteiger charge is -2.32. The SMILES string of the molecule is CC1(C)OB(c2ccc(-c3nc4ccccc4s3)s2)OC1(C)C. The van der Waals surface area contributed by atoms with E-state index in [2.05, 4.69) is 58.0 Å². The van der Waals surface area contributed by atoms with Gasteiger partial charge in [-0.05, 0) is 45.9 Å². The molecule has 0 amide bonds. The van der Waals surface area contributed by atoms with E-state index in [1.165, 1.54) is 4.70 Å². The number of hydrogen-bond acceptors (Lipinski definition) is 5. The minimum Gasteiger partial charge on any atom is -0.399 e. The summed E-state index contributed by atoms with van der Waals surface area (Å²) >= 11 is 3.42. The quantitative estimate of drug-likeness (QED) is 0.649. The van der Waals surface area contributed by atoms with Gasteiger partial charge in [-0.2, -0.15) is 0 Å². The third-order valence-electron chi connectivity index (χ3n) is 4.62. The molecule has 3 aromatic rings. The zero-order valence-corrected chi connectivity index (χ0v) is 15.3. The highest BCUT2D eigenvalue weighted by Gasteiger charge is 2.52. The first-order valence-electron chi connectivity index (χ1n) is 7.67. The number of hydrogen-bond donors (Lipinski definition) is 0. The Labute approximate surface area is 144 Å². The van der Waals surface area contributed by atoms with Gasteiger partial charge in [-0.3, -0.25) is 0 Å². The summed E-state index contributed by atoms with van der Waals surface area (Å²) in [5.74, 6) is 0. The van der Waals surface area contributed by atoms with E-state index in [4.69, 9.17) is 14.3 Å². The molecular formula is C17H18BNO2S2. The fraction of sp³-hybridized carbons (Fsp3) is 0.353. The van der Waals surface area contributed by atoms with Crippen LogP contribution in [0.1, 0.15) is 27.7 Å². The maximum atomic E-state index is 6.13. The fourth-order valence-corrected chi connectivity index (χ4v) is 4.52. The molecule has 2 aromatic heterocycles. The average Bonchev–Trinajstić information content (AvgIpc) is 3.16. The molecular weight excluding hydrogens is 325 g/mol. The summed E-state index contributed by atoms with van der Waals surface area (Å²) in [4.78, 5) is 5.89. The second-order valence-corrected chi connectivity index (χ2v) is 8.92. The van der Waals surface area contributed by atoms with Crippen molar-refractivity contribution in [1.29, 1.82) is 0 Å². The average molecular weight is 343 g/mol. The Balaban J connectivity index is 1.65. The largest absolute Gasteiger partial charge is 0.505 e. The van der Waals surface area contributed by atoms with E-state index in [0.29, 0.717) is 0 Å². The van der Waals surface area contributed by atoms with Crippen LogP contribution in [0, 0.1) is 0 Å². The van der Waals surface area contributed by atoms with Gasteiger partial charge in [0, 0.05) is 4.78 Å². The highest BCUT2D eigenvalue weighted by atomic mass is 32.1. The van der Waals surface area contributed by atoms with Crippen molar-refractivity contribution in [3.05, 3.63) is 36.4 Å². The van der Waals surface area contributed by atoms with Gasteiger partial charge in [0.1, 0.15) is 5.01 Å². The van der Waals surface area contributed by atoms with Crippen molar-refractivity contribution in [1.82, 2.24) is 4.98 Å². The van der Waals surface area contributed by atoms with Gasteiger partial charge < -0.3 is 9.31 Å². The van der Waals surface area contributed by atoms with Crippen LogP contribution in [0.4, 0.5) is 0 Å². The molecule has 6 heteroatoms. The minimum absolute atomic E-state index is 0.298. The fourth-order valence-electron chi connectivity index (χ4n) is 2.53. The number of benzene rings is 1. The molecule has 23 heavy (non-hydrogen) atoms. The zero-order chi connectivity index (χ0) is 16.2. The van der Waals surface area contributed by atoms with Crippen molar-refractivity contribution in [2.45, 2.75) is 38.9 Å². The van der Waals surface area contributed by atoms with Crippen molar-refractivity contribution in [2.75, 3.05) is 0 Å². The molecule has 0 spiro atoms. The van der Waals surface area contributed by atoms with E-state index >= 15 is 0 Å². The van der Waals surface area contributed by atoms with Gasteiger partial charge in [0.15, 0.2) is 0 Å². The number of thiazole rings is 1. The standard InChI is InChI=1S/C17H18BNO2S2/c1-16(2)17(3,4)21-18(20-16)14-10-9-13(22-14)15-19-11-7-5-6-8-12(11)23-15/h5-10H,1-4H3. The maximum absolute atomic E-state index is 6.13. The van der Waals surface area contributed by atoms with Crippen LogP contribution in [0.15, 0.2) is 36.4 Å². The molecule has 1 fully saturated rings. The Kier molecular flexibility index (Phi) is 3.43. The second kappa shape index (κ2) is 5.15. The van der Waals surface area contributed by atoms with Crippen molar-refractivity contribution in [3.8, 4) is 9.88 Å². The molecule has 1 aromatic carbocycles. The number of aromatic nitrogens is 1. The monoisotopic (exact) mass is 343 g/mol. The van der Waals surface area contributed by atoms with Crippen LogP contribution < -0.4 is 4.78 Å². The highest BCUT2D eigenvalue weighted by Crippen LogP contribution is 2.38. The van der Waals surface area contributed by atoms with Gasteiger partial charge in [-0.1, -0.05) is 18.2 Å². The summed E-state index contributed by atoms with van der Waals surface area (Å²) < 4.78 is 14.6. The van der Waals surface area contributed by atoms with E-state index in [9.17, 15) is 0 Å². The Morgan fingerprint density at radius 3 is 2.30 bits per heavy atom. The summed E-state index contributed by atoms with van der Waals surface area (Å²) in [6.07, 6.45) is 0. The first-order valence-corrected chi connectivity index (χ1v) is 9.30. The van der Waals surface area contributed by atoms with E-state index < -0.39 is 0 Å². The lowest BCUT2D eigenvalue weighted by atomic mass is 9.88. The van der Waals surface area contributed by atoms with E-state index in [1.54, 1.807) is 22.7 Å². The third kappa shape index (κ3) is 2.54. The number of fused-ring (bicyclic) bond motifs is 1. The molecule has 4 rings (SSSR count). The van der Waals surface area contributed by atoms with Crippen molar-refractivity contribution < 1.29 is 9.31 Å². The van der Waals surface area contributed by atoms with Gasteiger partial charge in [0.2, 0.25) is 0 Å². The minimum atomic E-state index is -0.308. The smallest absolute Gasteiger partial charge is 0.399 e. The van der Waals surface area contributed by atoms with Crippen LogP contribution in [0.25, 0.3) is 20.1 Å². The van der Waals surface area contributed by atoms with Gasteiger partial charge >= 0.3 is 7.12 Å². The van der Waals surface area contributed by atoms with Crippen molar-refractivity contribution in [3.63, 3.8) is 0 Å². The third-order valence-corrected chi connectivity index (χ3v) is 6.93. The molecule has 3 nitrogen and oxygen atoms in total. The molecule has 0 aliphatic carbocycles. The van der Waals surface area contributed by atoms with Crippen LogP contribution in [0.5, 0.6) is 0 Å². The zero-order valence-electron chi connectivity index (χ0n) is 13.6. The lowest BCUT2D eigenvalue weighted by molar-refractivity contribution is 0.00578. The van der Waals surface area contributed by atoms with Crippen molar-refractivity contribution in [2.24, 2.45) is 0 Å². The van der Waals surface area contributed by atoms with Gasteiger partial charge in [0.05, 0.1) is 26.3 Å². The predicted octanol–water partition coefficient (Wildman–Crippen LogP) is 4.32. The first-order chi connectivity index (χ1) is 10.9. The summed E-state index contributed by atoms with van der Waals surface area (Å²) in [5.41, 5.74) is 0.438. The molecule has 0 unspecified atom stereocenters. The number of rotatable bonds is 2. The van der Waals surface area contributed by atoms with E-state index in [1.807, 2.05) is 6.07 Å². The molecule has 0 radical (unpaired) electrons. The lowest BCUT2D eigenvalue weighted by Crippen LogP contribution is -2.41. The van der Waals surface area contributed by atoms with E-state index in [0.717, 1.165) is 20.2 Å². The summed E-state index contributed by atoms with van der Waals surface area (Å²) in [6.45, 7) is 8.31. The van der Waals surface area contributed by atoms with Crippen LogP contribution >= 0.6 is 22.7 Å². The summed E-state index contributed by atoms with van der Waals surface area (Å²) in [5, 5.41) is 1.05.